The molecule has 0 saturated heterocycles. The van der Waals surface area contributed by atoms with Gasteiger partial charge in [0.2, 0.25) is 0 Å². The first-order valence-corrected chi connectivity index (χ1v) is 8.27. The Hall–Kier alpha value is -2.36. The van der Waals surface area contributed by atoms with E-state index in [1.165, 1.54) is 6.42 Å². The number of nitrogens with zero attached hydrogens (tertiary/aromatic N) is 2. The Morgan fingerprint density at radius 1 is 1.09 bits per heavy atom. The van der Waals surface area contributed by atoms with Crippen LogP contribution in [0.1, 0.15) is 43.5 Å². The van der Waals surface area contributed by atoms with Gasteiger partial charge in [0.25, 0.3) is 5.91 Å². The standard InChI is InChI=1S/C19H23N3O/c1-14-8-7-9-15(2)18(14)20-21-19(23)16-10-3-4-11-17(16)22-12-5-6-13-22/h3-6,10-15H,7-9H2,1-2H3,(H,21,23)/t14-,15-/m0/s1. The Morgan fingerprint density at radius 2 is 1.74 bits per heavy atom. The molecule has 0 radical (unpaired) electrons. The number of nitrogens with one attached hydrogen (secondary N) is 1. The summed E-state index contributed by atoms with van der Waals surface area (Å²) < 4.78 is 1.94. The van der Waals surface area contributed by atoms with Crippen molar-refractivity contribution in [2.45, 2.75) is 33.1 Å². The zero-order valence-corrected chi connectivity index (χ0v) is 13.7. The van der Waals surface area contributed by atoms with Crippen LogP contribution in [-0.4, -0.2) is 16.2 Å². The average molecular weight is 309 g/mol. The van der Waals surface area contributed by atoms with Crippen molar-refractivity contribution in [3.63, 3.8) is 0 Å². The lowest BCUT2D eigenvalue weighted by Gasteiger charge is -2.26. The predicted molar refractivity (Wildman–Crippen MR) is 92.8 cm³/mol. The van der Waals surface area contributed by atoms with Crippen molar-refractivity contribution < 1.29 is 4.79 Å². The van der Waals surface area contributed by atoms with Gasteiger partial charge in [0.05, 0.1) is 11.3 Å². The molecule has 1 aromatic carbocycles. The SMILES string of the molecule is C[C@H]1CCC[C@H](C)C1=NNC(=O)c1ccccc1-n1cccc1. The fourth-order valence-corrected chi connectivity index (χ4v) is 3.29. The van der Waals surface area contributed by atoms with Crippen LogP contribution in [0.25, 0.3) is 5.69 Å². The number of hydrogen-bond donors (Lipinski definition) is 1. The van der Waals surface area contributed by atoms with Crippen LogP contribution in [0.15, 0.2) is 53.9 Å². The van der Waals surface area contributed by atoms with Gasteiger partial charge < -0.3 is 4.57 Å². The molecule has 4 heteroatoms. The first-order chi connectivity index (χ1) is 11.2. The quantitative estimate of drug-likeness (QED) is 0.855. The molecule has 120 valence electrons. The highest BCUT2D eigenvalue weighted by atomic mass is 16.2. The molecule has 1 amide bonds. The monoisotopic (exact) mass is 309 g/mol. The number of benzene rings is 1. The second-order valence-electron chi connectivity index (χ2n) is 6.32. The van der Waals surface area contributed by atoms with Crippen LogP contribution in [-0.2, 0) is 0 Å². The van der Waals surface area contributed by atoms with Crippen LogP contribution in [0.3, 0.4) is 0 Å². The lowest BCUT2D eigenvalue weighted by Crippen LogP contribution is -2.29. The van der Waals surface area contributed by atoms with Gasteiger partial charge in [-0.3, -0.25) is 4.79 Å². The van der Waals surface area contributed by atoms with Crippen LogP contribution in [0.2, 0.25) is 0 Å². The zero-order chi connectivity index (χ0) is 16.2. The minimum atomic E-state index is -0.160. The molecule has 1 aromatic heterocycles. The van der Waals surface area contributed by atoms with E-state index in [2.05, 4.69) is 24.4 Å². The van der Waals surface area contributed by atoms with Crippen molar-refractivity contribution in [2.75, 3.05) is 0 Å². The van der Waals surface area contributed by atoms with Crippen molar-refractivity contribution in [1.29, 1.82) is 0 Å². The summed E-state index contributed by atoms with van der Waals surface area (Å²) in [6, 6.07) is 11.5. The van der Waals surface area contributed by atoms with Crippen LogP contribution in [0.5, 0.6) is 0 Å². The number of rotatable bonds is 3. The van der Waals surface area contributed by atoms with E-state index in [9.17, 15) is 4.79 Å². The smallest absolute Gasteiger partial charge is 0.273 e. The summed E-state index contributed by atoms with van der Waals surface area (Å²) in [4.78, 5) is 12.6. The molecule has 0 aliphatic heterocycles. The van der Waals surface area contributed by atoms with Crippen LogP contribution >= 0.6 is 0 Å². The second kappa shape index (κ2) is 6.82. The summed E-state index contributed by atoms with van der Waals surface area (Å²) in [6.45, 7) is 4.38. The fraction of sp³-hybridized carbons (Fsp3) is 0.368. The van der Waals surface area contributed by atoms with Crippen molar-refractivity contribution in [1.82, 2.24) is 9.99 Å². The molecule has 1 aliphatic carbocycles. The number of hydrazone groups is 1. The van der Waals surface area contributed by atoms with Crippen molar-refractivity contribution in [3.05, 3.63) is 54.4 Å². The topological polar surface area (TPSA) is 46.4 Å². The third-order valence-corrected chi connectivity index (χ3v) is 4.60. The van der Waals surface area contributed by atoms with E-state index in [4.69, 9.17) is 0 Å². The Balaban J connectivity index is 1.82. The molecule has 0 unspecified atom stereocenters. The maximum Gasteiger partial charge on any atom is 0.273 e. The fourth-order valence-electron chi connectivity index (χ4n) is 3.29. The number of para-hydroxylation sites is 1. The van der Waals surface area contributed by atoms with Crippen LogP contribution < -0.4 is 5.43 Å². The van der Waals surface area contributed by atoms with E-state index in [0.717, 1.165) is 24.2 Å². The third kappa shape index (κ3) is 3.36. The van der Waals surface area contributed by atoms with Gasteiger partial charge in [-0.25, -0.2) is 5.43 Å². The predicted octanol–water partition coefficient (Wildman–Crippen LogP) is 4.02. The maximum atomic E-state index is 12.6. The number of amides is 1. The zero-order valence-electron chi connectivity index (χ0n) is 13.7. The van der Waals surface area contributed by atoms with Crippen LogP contribution in [0, 0.1) is 11.8 Å². The minimum absolute atomic E-state index is 0.160. The molecule has 0 bridgehead atoms. The molecular weight excluding hydrogens is 286 g/mol. The average Bonchev–Trinajstić information content (AvgIpc) is 3.08. The molecule has 4 nitrogen and oxygen atoms in total. The first-order valence-electron chi connectivity index (χ1n) is 8.27. The van der Waals surface area contributed by atoms with Gasteiger partial charge in [-0.05, 0) is 48.9 Å². The van der Waals surface area contributed by atoms with E-state index < -0.39 is 0 Å². The summed E-state index contributed by atoms with van der Waals surface area (Å²) in [5, 5.41) is 4.45. The number of hydrogen-bond acceptors (Lipinski definition) is 2. The molecule has 1 aliphatic rings. The number of carbonyl (C=O) groups is 1. The van der Waals surface area contributed by atoms with E-state index in [1.807, 2.05) is 53.4 Å². The Kier molecular flexibility index (Phi) is 4.60. The van der Waals surface area contributed by atoms with Crippen molar-refractivity contribution >= 4 is 11.6 Å². The lowest BCUT2D eigenvalue weighted by molar-refractivity contribution is 0.0954. The van der Waals surface area contributed by atoms with Gasteiger partial charge in [0, 0.05) is 18.1 Å². The summed E-state index contributed by atoms with van der Waals surface area (Å²) >= 11 is 0. The molecule has 0 spiro atoms. The van der Waals surface area contributed by atoms with E-state index >= 15 is 0 Å². The van der Waals surface area contributed by atoms with Gasteiger partial charge in [-0.1, -0.05) is 32.4 Å². The minimum Gasteiger partial charge on any atom is -0.323 e. The molecule has 3 rings (SSSR count). The van der Waals surface area contributed by atoms with Crippen molar-refractivity contribution in [2.24, 2.45) is 16.9 Å². The number of aromatic nitrogens is 1. The van der Waals surface area contributed by atoms with E-state index in [0.29, 0.717) is 17.4 Å². The van der Waals surface area contributed by atoms with Crippen LogP contribution in [0.4, 0.5) is 0 Å². The second-order valence-corrected chi connectivity index (χ2v) is 6.32. The Bertz CT molecular complexity index is 691. The van der Waals surface area contributed by atoms with Crippen molar-refractivity contribution in [3.8, 4) is 5.69 Å². The van der Waals surface area contributed by atoms with Gasteiger partial charge >= 0.3 is 0 Å². The molecule has 1 fully saturated rings. The lowest BCUT2D eigenvalue weighted by atomic mass is 9.81. The highest BCUT2D eigenvalue weighted by molar-refractivity contribution is 5.99. The highest BCUT2D eigenvalue weighted by Crippen LogP contribution is 2.26. The molecule has 2 atom stereocenters. The molecular formula is C19H23N3O. The van der Waals surface area contributed by atoms with Gasteiger partial charge in [0.15, 0.2) is 0 Å². The van der Waals surface area contributed by atoms with E-state index in [-0.39, 0.29) is 5.91 Å². The Labute approximate surface area is 137 Å². The molecule has 2 aromatic rings. The normalized spacial score (nSPS) is 21.0. The summed E-state index contributed by atoms with van der Waals surface area (Å²) in [7, 11) is 0. The van der Waals surface area contributed by atoms with Gasteiger partial charge in [0.1, 0.15) is 0 Å². The third-order valence-electron chi connectivity index (χ3n) is 4.60. The largest absolute Gasteiger partial charge is 0.323 e. The Morgan fingerprint density at radius 3 is 2.43 bits per heavy atom. The van der Waals surface area contributed by atoms with E-state index in [1.54, 1.807) is 0 Å². The number of carbonyl (C=O) groups excluding carboxylic acids is 1. The molecule has 1 N–H and O–H groups in total. The van der Waals surface area contributed by atoms with Gasteiger partial charge in [-0.15, -0.1) is 0 Å². The summed E-state index contributed by atoms with van der Waals surface area (Å²) in [5.74, 6) is 0.726. The first kappa shape index (κ1) is 15.5. The highest BCUT2D eigenvalue weighted by Gasteiger charge is 2.23. The van der Waals surface area contributed by atoms with Gasteiger partial charge in [-0.2, -0.15) is 5.10 Å². The molecule has 1 heterocycles. The summed E-state index contributed by atoms with van der Waals surface area (Å²) in [5.41, 5.74) is 5.37. The summed E-state index contributed by atoms with van der Waals surface area (Å²) in [6.07, 6.45) is 7.41. The molecule has 1 saturated carbocycles. The maximum absolute atomic E-state index is 12.6. The molecule has 23 heavy (non-hydrogen) atoms.